The summed E-state index contributed by atoms with van der Waals surface area (Å²) < 4.78 is 22.2. The van der Waals surface area contributed by atoms with Crippen molar-refractivity contribution in [1.82, 2.24) is 9.47 Å². The van der Waals surface area contributed by atoms with Crippen LogP contribution in [0.15, 0.2) is 22.0 Å². The normalized spacial score (nSPS) is 18.7. The number of carbonyl (C=O) groups excluding carboxylic acids is 2. The molecule has 2 aliphatic heterocycles. The van der Waals surface area contributed by atoms with Crippen molar-refractivity contribution in [2.75, 3.05) is 44.2 Å². The number of halogens is 1. The number of thioether (sulfide) groups is 1. The van der Waals surface area contributed by atoms with E-state index < -0.39 is 17.2 Å². The quantitative estimate of drug-likeness (QED) is 0.611. The fourth-order valence-corrected chi connectivity index (χ4v) is 5.40. The van der Waals surface area contributed by atoms with Crippen LogP contribution in [0.25, 0.3) is 10.9 Å². The summed E-state index contributed by atoms with van der Waals surface area (Å²) in [6, 6.07) is 2.96. The average molecular weight is 476 g/mol. The average Bonchev–Trinajstić information content (AvgIpc) is 2.73. The molecule has 33 heavy (non-hydrogen) atoms. The molecular formula is C24H30FN3O4S. The minimum atomic E-state index is -0.669. The molecule has 1 aromatic carbocycles. The molecule has 1 aromatic heterocycles. The van der Waals surface area contributed by atoms with Gasteiger partial charge in [0.25, 0.3) is 0 Å². The van der Waals surface area contributed by atoms with E-state index in [0.29, 0.717) is 49.0 Å². The summed E-state index contributed by atoms with van der Waals surface area (Å²) in [5.41, 5.74) is 0.164. The Hall–Kier alpha value is -2.39. The third kappa shape index (κ3) is 4.28. The standard InChI is InChI=1S/C24H30FN3O4S/c1-6-32-23(31)20-21(30)15-11-16(25)18(12-17(15)28-14(2)33-22(20)28)27-9-7-26(8-10-27)13-19(29)24(3,4)5/h11-12,14H,6-10,13H2,1-5H3. The van der Waals surface area contributed by atoms with Gasteiger partial charge >= 0.3 is 5.97 Å². The van der Waals surface area contributed by atoms with E-state index in [4.69, 9.17) is 4.74 Å². The number of esters is 1. The molecule has 0 spiro atoms. The molecule has 7 nitrogen and oxygen atoms in total. The Kier molecular flexibility index (Phi) is 6.30. The number of carbonyl (C=O) groups is 2. The Morgan fingerprint density at radius 3 is 2.42 bits per heavy atom. The number of nitrogens with zero attached hydrogens (tertiary/aromatic N) is 3. The van der Waals surface area contributed by atoms with Crippen LogP contribution in [0.4, 0.5) is 10.1 Å². The largest absolute Gasteiger partial charge is 0.462 e. The zero-order chi connectivity index (χ0) is 24.1. The highest BCUT2D eigenvalue weighted by molar-refractivity contribution is 8.00. The lowest BCUT2D eigenvalue weighted by Gasteiger charge is -2.37. The summed E-state index contributed by atoms with van der Waals surface area (Å²) in [5, 5.41) is 0.779. The molecule has 4 rings (SSSR count). The monoisotopic (exact) mass is 475 g/mol. The highest BCUT2D eigenvalue weighted by Gasteiger charge is 2.34. The number of ether oxygens (including phenoxy) is 1. The molecule has 1 saturated heterocycles. The van der Waals surface area contributed by atoms with E-state index >= 15 is 4.39 Å². The van der Waals surface area contributed by atoms with Crippen molar-refractivity contribution in [3.8, 4) is 0 Å². The number of ketones is 1. The molecule has 2 aliphatic rings. The van der Waals surface area contributed by atoms with Crippen molar-refractivity contribution >= 4 is 40.1 Å². The molecule has 0 bridgehead atoms. The molecule has 1 fully saturated rings. The van der Waals surface area contributed by atoms with Gasteiger partial charge in [0, 0.05) is 37.0 Å². The lowest BCUT2D eigenvalue weighted by atomic mass is 9.90. The van der Waals surface area contributed by atoms with Crippen LogP contribution in [0.1, 0.15) is 50.4 Å². The molecule has 1 atom stereocenters. The molecule has 0 saturated carbocycles. The summed E-state index contributed by atoms with van der Waals surface area (Å²) in [6.07, 6.45) is 0. The molecule has 1 unspecified atom stereocenters. The van der Waals surface area contributed by atoms with E-state index in [1.807, 2.05) is 37.2 Å². The summed E-state index contributed by atoms with van der Waals surface area (Å²) in [5.74, 6) is -0.970. The van der Waals surface area contributed by atoms with E-state index in [1.54, 1.807) is 13.0 Å². The van der Waals surface area contributed by atoms with Gasteiger partial charge in [0.15, 0.2) is 5.78 Å². The minimum Gasteiger partial charge on any atom is -0.462 e. The van der Waals surface area contributed by atoms with Crippen LogP contribution in [-0.2, 0) is 9.53 Å². The molecular weight excluding hydrogens is 445 g/mol. The van der Waals surface area contributed by atoms with Gasteiger partial charge in [0.05, 0.1) is 34.8 Å². The summed E-state index contributed by atoms with van der Waals surface area (Å²) in [7, 11) is 0. The predicted octanol–water partition coefficient (Wildman–Crippen LogP) is 3.68. The van der Waals surface area contributed by atoms with Crippen molar-refractivity contribution in [2.24, 2.45) is 5.41 Å². The molecule has 0 amide bonds. The first-order valence-corrected chi connectivity index (χ1v) is 12.2. The third-order valence-electron chi connectivity index (χ3n) is 6.27. The van der Waals surface area contributed by atoms with Gasteiger partial charge in [-0.1, -0.05) is 32.5 Å². The number of benzene rings is 1. The van der Waals surface area contributed by atoms with Gasteiger partial charge in [-0.3, -0.25) is 14.5 Å². The Balaban J connectivity index is 1.64. The number of aromatic nitrogens is 1. The van der Waals surface area contributed by atoms with Gasteiger partial charge in [-0.25, -0.2) is 9.18 Å². The maximum absolute atomic E-state index is 15.2. The molecule has 9 heteroatoms. The number of hydrogen-bond acceptors (Lipinski definition) is 7. The smallest absolute Gasteiger partial charge is 0.344 e. The number of rotatable bonds is 5. The number of fused-ring (bicyclic) bond motifs is 3. The maximum atomic E-state index is 15.2. The van der Waals surface area contributed by atoms with Crippen LogP contribution in [0, 0.1) is 11.2 Å². The maximum Gasteiger partial charge on any atom is 0.344 e. The van der Waals surface area contributed by atoms with Crippen molar-refractivity contribution in [3.05, 3.63) is 33.7 Å². The Morgan fingerprint density at radius 2 is 1.85 bits per heavy atom. The van der Waals surface area contributed by atoms with Crippen molar-refractivity contribution in [3.63, 3.8) is 0 Å². The molecule has 3 heterocycles. The van der Waals surface area contributed by atoms with Crippen molar-refractivity contribution in [1.29, 1.82) is 0 Å². The van der Waals surface area contributed by atoms with E-state index in [0.717, 1.165) is 0 Å². The number of anilines is 1. The second kappa shape index (κ2) is 8.76. The van der Waals surface area contributed by atoms with E-state index in [2.05, 4.69) is 4.90 Å². The highest BCUT2D eigenvalue weighted by Crippen LogP contribution is 2.46. The van der Waals surface area contributed by atoms with Crippen LogP contribution in [-0.4, -0.2) is 60.6 Å². The zero-order valence-corrected chi connectivity index (χ0v) is 20.6. The van der Waals surface area contributed by atoms with Crippen molar-refractivity contribution < 1.29 is 18.7 Å². The van der Waals surface area contributed by atoms with Crippen LogP contribution in [0.2, 0.25) is 0 Å². The predicted molar refractivity (Wildman–Crippen MR) is 128 cm³/mol. The fraction of sp³-hybridized carbons (Fsp3) is 0.542. The second-order valence-corrected chi connectivity index (χ2v) is 10.9. The highest BCUT2D eigenvalue weighted by atomic mass is 32.2. The van der Waals surface area contributed by atoms with Crippen LogP contribution < -0.4 is 10.3 Å². The molecule has 2 aromatic rings. The first-order chi connectivity index (χ1) is 15.5. The number of piperazine rings is 1. The molecule has 0 aliphatic carbocycles. The van der Waals surface area contributed by atoms with Crippen LogP contribution >= 0.6 is 11.8 Å². The van der Waals surface area contributed by atoms with Gasteiger partial charge < -0.3 is 14.2 Å². The molecule has 0 N–H and O–H groups in total. The second-order valence-electron chi connectivity index (χ2n) is 9.57. The minimum absolute atomic E-state index is 0.0169. The topological polar surface area (TPSA) is 71.8 Å². The van der Waals surface area contributed by atoms with Gasteiger partial charge in [0.2, 0.25) is 5.43 Å². The summed E-state index contributed by atoms with van der Waals surface area (Å²) >= 11 is 1.43. The zero-order valence-electron chi connectivity index (χ0n) is 19.7. The van der Waals surface area contributed by atoms with Gasteiger partial charge in [0.1, 0.15) is 11.4 Å². The lowest BCUT2D eigenvalue weighted by Crippen LogP contribution is -2.49. The lowest BCUT2D eigenvalue weighted by molar-refractivity contribution is -0.127. The summed E-state index contributed by atoms with van der Waals surface area (Å²) in [4.78, 5) is 41.9. The van der Waals surface area contributed by atoms with Crippen LogP contribution in [0.3, 0.4) is 0 Å². The third-order valence-corrected chi connectivity index (χ3v) is 7.45. The van der Waals surface area contributed by atoms with E-state index in [1.165, 1.54) is 17.8 Å². The Bertz CT molecular complexity index is 1180. The number of pyridine rings is 1. The van der Waals surface area contributed by atoms with Crippen LogP contribution in [0.5, 0.6) is 0 Å². The first-order valence-electron chi connectivity index (χ1n) is 11.3. The fourth-order valence-electron chi connectivity index (χ4n) is 4.25. The van der Waals surface area contributed by atoms with Crippen molar-refractivity contribution in [2.45, 2.75) is 45.0 Å². The molecule has 0 radical (unpaired) electrons. The number of Topliss-reactive ketones (excluding diaryl/α,β-unsaturated/α-hetero) is 1. The van der Waals surface area contributed by atoms with Gasteiger partial charge in [-0.15, -0.1) is 0 Å². The van der Waals surface area contributed by atoms with E-state index in [9.17, 15) is 14.4 Å². The summed E-state index contributed by atoms with van der Waals surface area (Å²) in [6.45, 7) is 12.5. The Morgan fingerprint density at radius 1 is 1.18 bits per heavy atom. The SMILES string of the molecule is CCOC(=O)c1c2n(c3cc(N4CCN(CC(=O)C(C)(C)C)CC4)c(F)cc3c1=O)C(C)S2. The Labute approximate surface area is 196 Å². The number of hydrogen-bond donors (Lipinski definition) is 0. The van der Waals surface area contributed by atoms with Gasteiger partial charge in [-0.2, -0.15) is 0 Å². The molecule has 178 valence electrons. The van der Waals surface area contributed by atoms with E-state index in [-0.39, 0.29) is 34.1 Å². The van der Waals surface area contributed by atoms with Gasteiger partial charge in [-0.05, 0) is 26.0 Å². The first kappa shape index (κ1) is 23.8.